The fourth-order valence-electron chi connectivity index (χ4n) is 3.11. The van der Waals surface area contributed by atoms with Crippen molar-refractivity contribution in [3.8, 4) is 5.75 Å². The summed E-state index contributed by atoms with van der Waals surface area (Å²) < 4.78 is 5.97. The highest BCUT2D eigenvalue weighted by Gasteiger charge is 2.42. The first-order valence-electron chi connectivity index (χ1n) is 9.16. The molecule has 1 saturated heterocycles. The first-order valence-corrected chi connectivity index (χ1v) is 11.1. The number of fused-ring (bicyclic) bond motifs is 1. The number of unbranched alkanes of at least 4 members (excludes halogenated alkanes) is 2. The van der Waals surface area contributed by atoms with Crippen molar-refractivity contribution < 1.29 is 9.84 Å². The van der Waals surface area contributed by atoms with E-state index in [1.165, 1.54) is 11.3 Å². The maximum Gasteiger partial charge on any atom is 0.290 e. The summed E-state index contributed by atoms with van der Waals surface area (Å²) in [5.41, 5.74) is 0.724. The van der Waals surface area contributed by atoms with Crippen molar-refractivity contribution >= 4 is 42.6 Å². The summed E-state index contributed by atoms with van der Waals surface area (Å²) in [6.45, 7) is 4.22. The molecule has 1 aliphatic heterocycles. The van der Waals surface area contributed by atoms with Gasteiger partial charge in [0.05, 0.1) is 17.9 Å². The van der Waals surface area contributed by atoms with E-state index in [1.54, 1.807) is 0 Å². The van der Waals surface area contributed by atoms with E-state index < -0.39 is 10.9 Å². The van der Waals surface area contributed by atoms with Crippen molar-refractivity contribution in [2.24, 2.45) is 0 Å². The molecule has 6 nitrogen and oxygen atoms in total. The van der Waals surface area contributed by atoms with Gasteiger partial charge in [-0.2, -0.15) is 4.98 Å². The van der Waals surface area contributed by atoms with Crippen LogP contribution in [0.25, 0.3) is 10.2 Å². The van der Waals surface area contributed by atoms with Crippen molar-refractivity contribution in [1.29, 1.82) is 0 Å². The molecule has 1 fully saturated rings. The zero-order valence-corrected chi connectivity index (χ0v) is 17.5. The van der Waals surface area contributed by atoms with Gasteiger partial charge in [0.2, 0.25) is 6.23 Å². The summed E-state index contributed by atoms with van der Waals surface area (Å²) in [5.74, 6) is 0.716. The normalized spacial score (nSPS) is 23.8. The number of alkyl halides is 1. The van der Waals surface area contributed by atoms with E-state index in [0.29, 0.717) is 24.0 Å². The van der Waals surface area contributed by atoms with E-state index in [9.17, 15) is 10.3 Å². The smallest absolute Gasteiger partial charge is 0.290 e. The van der Waals surface area contributed by atoms with Gasteiger partial charge in [0.25, 0.3) is 5.13 Å². The van der Waals surface area contributed by atoms with Gasteiger partial charge in [-0.15, -0.1) is 0 Å². The van der Waals surface area contributed by atoms with Gasteiger partial charge in [-0.3, -0.25) is 4.65 Å². The van der Waals surface area contributed by atoms with Crippen LogP contribution in [0.1, 0.15) is 32.6 Å². The minimum Gasteiger partial charge on any atom is -0.623 e. The average molecular weight is 444 g/mol. The number of ether oxygens (including phenoxy) is 1. The summed E-state index contributed by atoms with van der Waals surface area (Å²) in [7, 11) is 0. The van der Waals surface area contributed by atoms with Gasteiger partial charge in [-0.1, -0.05) is 46.7 Å². The van der Waals surface area contributed by atoms with Gasteiger partial charge in [0, 0.05) is 11.9 Å². The van der Waals surface area contributed by atoms with Gasteiger partial charge >= 0.3 is 0 Å². The number of aliphatic hydroxyl groups is 1. The summed E-state index contributed by atoms with van der Waals surface area (Å²) >= 11 is 4.78. The number of β-amino-alcohol motifs (C(OH)–C–C–N with tert-alkyl or cyclic N) is 1. The fourth-order valence-corrected chi connectivity index (χ4v) is 4.56. The third kappa shape index (κ3) is 4.21. The van der Waals surface area contributed by atoms with Crippen LogP contribution in [0.4, 0.5) is 5.13 Å². The molecule has 1 aromatic heterocycles. The van der Waals surface area contributed by atoms with Crippen molar-refractivity contribution in [2.75, 3.05) is 31.7 Å². The summed E-state index contributed by atoms with van der Waals surface area (Å²) in [5, 5.41) is 25.2. The molecule has 2 aromatic rings. The Morgan fingerprint density at radius 2 is 2.27 bits per heavy atom. The van der Waals surface area contributed by atoms with E-state index in [1.807, 2.05) is 23.1 Å². The number of aromatic nitrogens is 1. The first-order chi connectivity index (χ1) is 12.6. The van der Waals surface area contributed by atoms with Gasteiger partial charge in [0.1, 0.15) is 17.9 Å². The number of thiazole rings is 1. The van der Waals surface area contributed by atoms with E-state index in [-0.39, 0.29) is 6.67 Å². The highest BCUT2D eigenvalue weighted by Crippen LogP contribution is 2.39. The maximum absolute atomic E-state index is 13.4. The molecule has 1 aromatic carbocycles. The molecule has 0 radical (unpaired) electrons. The van der Waals surface area contributed by atoms with Crippen molar-refractivity contribution in [2.45, 2.75) is 38.8 Å². The number of halogens is 1. The number of hydrogen-bond donors (Lipinski definition) is 1. The van der Waals surface area contributed by atoms with Crippen LogP contribution in [0.15, 0.2) is 18.2 Å². The Morgan fingerprint density at radius 3 is 3.04 bits per heavy atom. The molecule has 2 atom stereocenters. The molecule has 3 rings (SSSR count). The molecule has 0 amide bonds. The molecule has 0 saturated carbocycles. The lowest BCUT2D eigenvalue weighted by molar-refractivity contribution is 0.0848. The Hall–Kier alpha value is -0.770. The fraction of sp³-hybridized carbons (Fsp3) is 0.611. The van der Waals surface area contributed by atoms with Crippen LogP contribution in [0.5, 0.6) is 5.75 Å². The quantitative estimate of drug-likeness (QED) is 0.274. The molecule has 144 valence electrons. The van der Waals surface area contributed by atoms with Gasteiger partial charge < -0.3 is 15.1 Å². The Labute approximate surface area is 166 Å². The number of para-hydroxylation sites is 1. The maximum atomic E-state index is 13.4. The van der Waals surface area contributed by atoms with Crippen LogP contribution in [-0.4, -0.2) is 52.9 Å². The number of hydrogen-bond acceptors (Lipinski definition) is 6. The Bertz CT molecular complexity index is 729. The standard InChI is InChI=1S/C18H26BrN3O3S/c1-2-3-11-25-14-7-6-8-15-17(14)20-18(26-15)22(24)13-21(12-16(22)23)10-5-4-9-19/h6-8,16,23H,2-5,9-13H2,1H3. The Morgan fingerprint density at radius 1 is 1.42 bits per heavy atom. The Balaban J connectivity index is 1.79. The lowest BCUT2D eigenvalue weighted by Crippen LogP contribution is -2.48. The zero-order chi connectivity index (χ0) is 18.6. The molecule has 0 bridgehead atoms. The number of aliphatic hydroxyl groups excluding tert-OH is 1. The second kappa shape index (κ2) is 8.95. The zero-order valence-electron chi connectivity index (χ0n) is 15.1. The second-order valence-electron chi connectivity index (χ2n) is 6.69. The SMILES string of the molecule is CCCCOc1cccc2sc([N+]3([O-])CN(CCCCBr)CC3O)nc12. The largest absolute Gasteiger partial charge is 0.623 e. The highest BCUT2D eigenvalue weighted by molar-refractivity contribution is 9.09. The predicted molar refractivity (Wildman–Crippen MR) is 111 cm³/mol. The van der Waals surface area contributed by atoms with Crippen molar-refractivity contribution in [3.05, 3.63) is 23.4 Å². The topological polar surface area (TPSA) is 68.7 Å². The Kier molecular flexibility index (Phi) is 6.87. The molecule has 0 aliphatic carbocycles. The molecular weight excluding hydrogens is 418 g/mol. The minimum atomic E-state index is -0.996. The third-order valence-electron chi connectivity index (χ3n) is 4.62. The average Bonchev–Trinajstić information content (AvgIpc) is 3.18. The van der Waals surface area contributed by atoms with E-state index in [0.717, 1.165) is 47.8 Å². The number of hydroxylamine groups is 2. The monoisotopic (exact) mass is 443 g/mol. The summed E-state index contributed by atoms with van der Waals surface area (Å²) in [6, 6.07) is 5.77. The van der Waals surface area contributed by atoms with Crippen LogP contribution in [0, 0.1) is 5.21 Å². The predicted octanol–water partition coefficient (Wildman–Crippen LogP) is 4.05. The number of rotatable bonds is 9. The second-order valence-corrected chi connectivity index (χ2v) is 8.49. The van der Waals surface area contributed by atoms with E-state index in [4.69, 9.17) is 4.74 Å². The first kappa shape index (κ1) is 20.0. The summed E-state index contributed by atoms with van der Waals surface area (Å²) in [4.78, 5) is 6.62. The molecule has 26 heavy (non-hydrogen) atoms. The van der Waals surface area contributed by atoms with Gasteiger partial charge in [0.15, 0.2) is 0 Å². The third-order valence-corrected chi connectivity index (χ3v) is 6.31. The molecule has 2 unspecified atom stereocenters. The van der Waals surface area contributed by atoms with Crippen LogP contribution in [0.2, 0.25) is 0 Å². The number of benzene rings is 1. The molecule has 1 aliphatic rings. The van der Waals surface area contributed by atoms with Crippen molar-refractivity contribution in [1.82, 2.24) is 14.5 Å². The molecule has 8 heteroatoms. The molecular formula is C18H26BrN3O3S. The highest BCUT2D eigenvalue weighted by atomic mass is 79.9. The lowest BCUT2D eigenvalue weighted by Gasteiger charge is -2.37. The minimum absolute atomic E-state index is 0.245. The van der Waals surface area contributed by atoms with Crippen molar-refractivity contribution in [3.63, 3.8) is 0 Å². The molecule has 0 spiro atoms. The van der Waals surface area contributed by atoms with Crippen LogP contribution in [-0.2, 0) is 0 Å². The van der Waals surface area contributed by atoms with Crippen LogP contribution < -0.4 is 9.38 Å². The van der Waals surface area contributed by atoms with Crippen LogP contribution >= 0.6 is 27.3 Å². The lowest BCUT2D eigenvalue weighted by atomic mass is 10.3. The van der Waals surface area contributed by atoms with Crippen LogP contribution in [0.3, 0.4) is 0 Å². The number of quaternary nitrogens is 1. The number of nitrogens with zero attached hydrogens (tertiary/aromatic N) is 3. The summed E-state index contributed by atoms with van der Waals surface area (Å²) in [6.07, 6.45) is 3.12. The van der Waals surface area contributed by atoms with Gasteiger partial charge in [-0.05, 0) is 31.4 Å². The van der Waals surface area contributed by atoms with E-state index in [2.05, 4.69) is 27.8 Å². The molecule has 2 heterocycles. The van der Waals surface area contributed by atoms with E-state index >= 15 is 0 Å². The molecule has 1 N–H and O–H groups in total. The van der Waals surface area contributed by atoms with Gasteiger partial charge in [-0.25, -0.2) is 4.90 Å².